The molecule has 0 unspecified atom stereocenters. The standard InChI is InChI=1S/C14H18N2O5/c1-20-14(17)8-10-2-5-12(6-3-10)21-13-7-4-11(9-15-13)16(18)19/h4,7,9-10,12H,2-3,5-6,8H2,1H3/t10-,12-. The predicted octanol–water partition coefficient (Wildman–Crippen LogP) is 2.49. The van der Waals surface area contributed by atoms with Crippen LogP contribution in [0.5, 0.6) is 5.88 Å². The minimum atomic E-state index is -0.491. The highest BCUT2D eigenvalue weighted by atomic mass is 16.6. The van der Waals surface area contributed by atoms with Crippen LogP contribution in [0, 0.1) is 16.0 Å². The van der Waals surface area contributed by atoms with Gasteiger partial charge in [-0.2, -0.15) is 0 Å². The minimum absolute atomic E-state index is 0.0489. The summed E-state index contributed by atoms with van der Waals surface area (Å²) in [6.45, 7) is 0. The van der Waals surface area contributed by atoms with E-state index in [1.54, 1.807) is 0 Å². The van der Waals surface area contributed by atoms with Gasteiger partial charge in [0, 0.05) is 18.6 Å². The van der Waals surface area contributed by atoms with Crippen LogP contribution in [0.2, 0.25) is 0 Å². The number of pyridine rings is 1. The molecule has 1 heterocycles. The third-order valence-electron chi connectivity index (χ3n) is 3.70. The molecule has 7 heteroatoms. The molecule has 0 aromatic carbocycles. The van der Waals surface area contributed by atoms with Gasteiger partial charge in [0.15, 0.2) is 0 Å². The van der Waals surface area contributed by atoms with Crippen molar-refractivity contribution in [3.63, 3.8) is 0 Å². The molecular weight excluding hydrogens is 276 g/mol. The number of nitro groups is 1. The van der Waals surface area contributed by atoms with Crippen molar-refractivity contribution in [3.05, 3.63) is 28.4 Å². The monoisotopic (exact) mass is 294 g/mol. The smallest absolute Gasteiger partial charge is 0.305 e. The van der Waals surface area contributed by atoms with Crippen LogP contribution in [0.25, 0.3) is 0 Å². The van der Waals surface area contributed by atoms with Crippen molar-refractivity contribution < 1.29 is 19.2 Å². The lowest BCUT2D eigenvalue weighted by Crippen LogP contribution is -2.25. The Morgan fingerprint density at radius 2 is 2.10 bits per heavy atom. The Kier molecular flexibility index (Phi) is 5.08. The van der Waals surface area contributed by atoms with Crippen LogP contribution >= 0.6 is 0 Å². The van der Waals surface area contributed by atoms with Gasteiger partial charge < -0.3 is 9.47 Å². The van der Waals surface area contributed by atoms with E-state index in [4.69, 9.17) is 4.74 Å². The summed E-state index contributed by atoms with van der Waals surface area (Å²) in [5.41, 5.74) is -0.0517. The summed E-state index contributed by atoms with van der Waals surface area (Å²) in [7, 11) is 1.40. The zero-order valence-corrected chi connectivity index (χ0v) is 11.9. The van der Waals surface area contributed by atoms with E-state index in [0.717, 1.165) is 25.7 Å². The number of carbonyl (C=O) groups excluding carboxylic acids is 1. The summed E-state index contributed by atoms with van der Waals surface area (Å²) in [6, 6.07) is 2.89. The molecule has 1 fully saturated rings. The second-order valence-electron chi connectivity index (χ2n) is 5.15. The maximum atomic E-state index is 11.2. The van der Waals surface area contributed by atoms with Crippen molar-refractivity contribution in [2.45, 2.75) is 38.2 Å². The van der Waals surface area contributed by atoms with Crippen molar-refractivity contribution in [2.24, 2.45) is 5.92 Å². The van der Waals surface area contributed by atoms with Gasteiger partial charge in [-0.15, -0.1) is 0 Å². The number of ether oxygens (including phenoxy) is 2. The van der Waals surface area contributed by atoms with Crippen LogP contribution in [-0.4, -0.2) is 29.1 Å². The number of esters is 1. The topological polar surface area (TPSA) is 91.6 Å². The van der Waals surface area contributed by atoms with Crippen LogP contribution in [0.1, 0.15) is 32.1 Å². The predicted molar refractivity (Wildman–Crippen MR) is 73.9 cm³/mol. The van der Waals surface area contributed by atoms with Gasteiger partial charge in [0.2, 0.25) is 5.88 Å². The van der Waals surface area contributed by atoms with Crippen molar-refractivity contribution in [1.82, 2.24) is 4.98 Å². The number of methoxy groups -OCH3 is 1. The van der Waals surface area contributed by atoms with E-state index in [1.165, 1.54) is 25.4 Å². The molecule has 114 valence electrons. The molecule has 0 spiro atoms. The first-order valence-corrected chi connectivity index (χ1v) is 6.92. The number of rotatable bonds is 5. The molecule has 1 aromatic heterocycles. The SMILES string of the molecule is COC(=O)C[C@H]1CC[C@H](Oc2ccc([N+](=O)[O-])cn2)CC1. The van der Waals surface area contributed by atoms with Crippen LogP contribution in [0.3, 0.4) is 0 Å². The zero-order chi connectivity index (χ0) is 15.2. The zero-order valence-electron chi connectivity index (χ0n) is 11.9. The summed E-state index contributed by atoms with van der Waals surface area (Å²) < 4.78 is 10.4. The quantitative estimate of drug-likeness (QED) is 0.470. The molecular formula is C14H18N2O5. The largest absolute Gasteiger partial charge is 0.474 e. The normalized spacial score (nSPS) is 21.6. The number of hydrogen-bond donors (Lipinski definition) is 0. The van der Waals surface area contributed by atoms with Gasteiger partial charge in [0.1, 0.15) is 12.3 Å². The Hall–Kier alpha value is -2.18. The third kappa shape index (κ3) is 4.40. The fourth-order valence-electron chi connectivity index (χ4n) is 2.49. The van der Waals surface area contributed by atoms with E-state index < -0.39 is 4.92 Å². The molecule has 1 aliphatic carbocycles. The van der Waals surface area contributed by atoms with Crippen molar-refractivity contribution in [2.75, 3.05) is 7.11 Å². The Morgan fingerprint density at radius 3 is 2.62 bits per heavy atom. The van der Waals surface area contributed by atoms with Gasteiger partial charge in [-0.3, -0.25) is 14.9 Å². The number of hydrogen-bond acceptors (Lipinski definition) is 6. The van der Waals surface area contributed by atoms with Gasteiger partial charge >= 0.3 is 5.97 Å². The Morgan fingerprint density at radius 1 is 1.38 bits per heavy atom. The third-order valence-corrected chi connectivity index (χ3v) is 3.70. The van der Waals surface area contributed by atoms with E-state index in [9.17, 15) is 14.9 Å². The number of aromatic nitrogens is 1. The van der Waals surface area contributed by atoms with E-state index in [0.29, 0.717) is 18.2 Å². The molecule has 0 amide bonds. The van der Waals surface area contributed by atoms with Gasteiger partial charge in [0.05, 0.1) is 12.0 Å². The van der Waals surface area contributed by atoms with Gasteiger partial charge in [-0.25, -0.2) is 4.98 Å². The Balaban J connectivity index is 1.80. The first kappa shape index (κ1) is 15.2. The fourth-order valence-corrected chi connectivity index (χ4v) is 2.49. The van der Waals surface area contributed by atoms with Crippen molar-refractivity contribution in [1.29, 1.82) is 0 Å². The fraction of sp³-hybridized carbons (Fsp3) is 0.571. The van der Waals surface area contributed by atoms with Crippen molar-refractivity contribution >= 4 is 11.7 Å². The first-order valence-electron chi connectivity index (χ1n) is 6.92. The highest BCUT2D eigenvalue weighted by Gasteiger charge is 2.24. The van der Waals surface area contributed by atoms with Crippen LogP contribution < -0.4 is 4.74 Å². The molecule has 21 heavy (non-hydrogen) atoms. The van der Waals surface area contributed by atoms with E-state index >= 15 is 0 Å². The molecule has 0 bridgehead atoms. The maximum Gasteiger partial charge on any atom is 0.305 e. The van der Waals surface area contributed by atoms with E-state index in [2.05, 4.69) is 9.72 Å². The molecule has 1 saturated carbocycles. The lowest BCUT2D eigenvalue weighted by atomic mass is 9.85. The van der Waals surface area contributed by atoms with E-state index in [-0.39, 0.29) is 17.8 Å². The summed E-state index contributed by atoms with van der Waals surface area (Å²) >= 11 is 0. The number of carbonyl (C=O) groups is 1. The summed E-state index contributed by atoms with van der Waals surface area (Å²) in [5.74, 6) is 0.579. The summed E-state index contributed by atoms with van der Waals surface area (Å²) in [4.78, 5) is 25.2. The lowest BCUT2D eigenvalue weighted by Gasteiger charge is -2.27. The lowest BCUT2D eigenvalue weighted by molar-refractivity contribution is -0.385. The van der Waals surface area contributed by atoms with Crippen LogP contribution in [-0.2, 0) is 9.53 Å². The Labute approximate surface area is 122 Å². The second kappa shape index (κ2) is 7.01. The first-order chi connectivity index (χ1) is 10.1. The summed E-state index contributed by atoms with van der Waals surface area (Å²) in [6.07, 6.45) is 5.21. The number of nitrogens with zero attached hydrogens (tertiary/aromatic N) is 2. The average Bonchev–Trinajstić information content (AvgIpc) is 2.49. The molecule has 0 radical (unpaired) electrons. The molecule has 0 N–H and O–H groups in total. The van der Waals surface area contributed by atoms with Gasteiger partial charge in [-0.1, -0.05) is 0 Å². The Bertz CT molecular complexity index is 495. The molecule has 0 aliphatic heterocycles. The minimum Gasteiger partial charge on any atom is -0.474 e. The highest BCUT2D eigenvalue weighted by Crippen LogP contribution is 2.29. The molecule has 1 aromatic rings. The molecule has 0 saturated heterocycles. The highest BCUT2D eigenvalue weighted by molar-refractivity contribution is 5.69. The van der Waals surface area contributed by atoms with Crippen LogP contribution in [0.4, 0.5) is 5.69 Å². The van der Waals surface area contributed by atoms with Crippen LogP contribution in [0.15, 0.2) is 18.3 Å². The molecule has 2 rings (SSSR count). The summed E-state index contributed by atoms with van der Waals surface area (Å²) in [5, 5.41) is 10.5. The van der Waals surface area contributed by atoms with Gasteiger partial charge in [-0.05, 0) is 31.6 Å². The molecule has 7 nitrogen and oxygen atoms in total. The molecule has 1 aliphatic rings. The van der Waals surface area contributed by atoms with E-state index in [1.807, 2.05) is 0 Å². The second-order valence-corrected chi connectivity index (χ2v) is 5.15. The molecule has 0 atom stereocenters. The van der Waals surface area contributed by atoms with Gasteiger partial charge in [0.25, 0.3) is 5.69 Å². The maximum absolute atomic E-state index is 11.2. The van der Waals surface area contributed by atoms with Crippen molar-refractivity contribution in [3.8, 4) is 5.88 Å². The average molecular weight is 294 g/mol.